The van der Waals surface area contributed by atoms with Crippen molar-refractivity contribution in [3.05, 3.63) is 30.0 Å². The highest BCUT2D eigenvalue weighted by Crippen LogP contribution is 2.30. The number of aryl methyl sites for hydroxylation is 1. The van der Waals surface area contributed by atoms with Crippen molar-refractivity contribution < 1.29 is 13.2 Å². The van der Waals surface area contributed by atoms with Gasteiger partial charge in [0.2, 0.25) is 0 Å². The lowest BCUT2D eigenvalue weighted by molar-refractivity contribution is -0.0328. The van der Waals surface area contributed by atoms with Gasteiger partial charge < -0.3 is 5.32 Å². The number of hydrogen-bond acceptors (Lipinski definition) is 3. The summed E-state index contributed by atoms with van der Waals surface area (Å²) in [4.78, 5) is 0. The topological polar surface area (TPSA) is 29.9 Å². The van der Waals surface area contributed by atoms with Crippen LogP contribution in [-0.2, 0) is 13.1 Å². The van der Waals surface area contributed by atoms with E-state index in [1.165, 1.54) is 0 Å². The van der Waals surface area contributed by atoms with E-state index in [0.29, 0.717) is 6.54 Å². The summed E-state index contributed by atoms with van der Waals surface area (Å²) < 4.78 is 38.3. The molecule has 1 aromatic heterocycles. The third-order valence-electron chi connectivity index (χ3n) is 3.02. The van der Waals surface area contributed by atoms with Gasteiger partial charge in [0.25, 0.3) is 0 Å². The van der Waals surface area contributed by atoms with Crippen LogP contribution in [0.5, 0.6) is 0 Å². The first-order valence-electron chi connectivity index (χ1n) is 6.87. The Morgan fingerprint density at radius 3 is 2.76 bits per heavy atom. The first kappa shape index (κ1) is 16.2. The van der Waals surface area contributed by atoms with Gasteiger partial charge in [-0.1, -0.05) is 25.1 Å². The van der Waals surface area contributed by atoms with E-state index in [1.54, 1.807) is 4.68 Å². The molecular formula is C14H18F3N3S. The molecule has 2 rings (SSSR count). The maximum absolute atomic E-state index is 12.2. The Labute approximate surface area is 125 Å². The van der Waals surface area contributed by atoms with Crippen LogP contribution in [0.25, 0.3) is 10.9 Å². The van der Waals surface area contributed by atoms with Gasteiger partial charge in [0.15, 0.2) is 0 Å². The number of benzene rings is 1. The van der Waals surface area contributed by atoms with Crippen molar-refractivity contribution >= 4 is 22.7 Å². The largest absolute Gasteiger partial charge is 0.441 e. The standard InChI is InChI=1S/C14H18F3N3S/c1-2-7-18-10-12-11-5-3-4-6-13(11)20(19-12)8-9-21-14(15,16)17/h3-6,18H,2,7-10H2,1H3. The Morgan fingerprint density at radius 2 is 2.05 bits per heavy atom. The lowest BCUT2D eigenvalue weighted by Gasteiger charge is -2.06. The molecule has 116 valence electrons. The van der Waals surface area contributed by atoms with Crippen molar-refractivity contribution in [2.45, 2.75) is 31.9 Å². The molecule has 1 N–H and O–H groups in total. The maximum atomic E-state index is 12.2. The maximum Gasteiger partial charge on any atom is 0.441 e. The number of alkyl halides is 3. The van der Waals surface area contributed by atoms with E-state index in [2.05, 4.69) is 17.3 Å². The van der Waals surface area contributed by atoms with Crippen molar-refractivity contribution in [3.63, 3.8) is 0 Å². The van der Waals surface area contributed by atoms with E-state index in [-0.39, 0.29) is 24.1 Å². The number of thioether (sulfide) groups is 1. The zero-order valence-electron chi connectivity index (χ0n) is 11.8. The summed E-state index contributed by atoms with van der Waals surface area (Å²) in [5.74, 6) is -0.0308. The van der Waals surface area contributed by atoms with Gasteiger partial charge in [-0.05, 0) is 30.8 Å². The molecule has 0 saturated heterocycles. The Morgan fingerprint density at radius 1 is 1.29 bits per heavy atom. The van der Waals surface area contributed by atoms with Gasteiger partial charge in [-0.25, -0.2) is 0 Å². The van der Waals surface area contributed by atoms with Gasteiger partial charge in [0, 0.05) is 17.7 Å². The Kier molecular flexibility index (Phi) is 5.52. The summed E-state index contributed by atoms with van der Waals surface area (Å²) in [6.07, 6.45) is 1.03. The molecule has 2 aromatic rings. The van der Waals surface area contributed by atoms with Crippen LogP contribution in [0.2, 0.25) is 0 Å². The number of nitrogens with one attached hydrogen (secondary N) is 1. The quantitative estimate of drug-likeness (QED) is 0.788. The second kappa shape index (κ2) is 7.17. The number of fused-ring (bicyclic) bond motifs is 1. The van der Waals surface area contributed by atoms with Crippen LogP contribution < -0.4 is 5.32 Å². The number of nitrogens with zero attached hydrogens (tertiary/aromatic N) is 2. The van der Waals surface area contributed by atoms with Crippen LogP contribution in [0.15, 0.2) is 24.3 Å². The molecule has 0 saturated carbocycles. The molecule has 0 radical (unpaired) electrons. The van der Waals surface area contributed by atoms with Crippen LogP contribution in [-0.4, -0.2) is 27.6 Å². The van der Waals surface area contributed by atoms with Crippen LogP contribution in [0.4, 0.5) is 13.2 Å². The summed E-state index contributed by atoms with van der Waals surface area (Å²) in [7, 11) is 0. The minimum absolute atomic E-state index is 0.00876. The summed E-state index contributed by atoms with van der Waals surface area (Å²) >= 11 is -0.00876. The highest BCUT2D eigenvalue weighted by Gasteiger charge is 2.27. The van der Waals surface area contributed by atoms with E-state index in [4.69, 9.17) is 0 Å². The molecule has 0 aliphatic heterocycles. The van der Waals surface area contributed by atoms with Gasteiger partial charge in [-0.3, -0.25) is 4.68 Å². The van der Waals surface area contributed by atoms with E-state index in [0.717, 1.165) is 29.6 Å². The van der Waals surface area contributed by atoms with Gasteiger partial charge in [-0.2, -0.15) is 18.3 Å². The minimum Gasteiger partial charge on any atom is -0.311 e. The highest BCUT2D eigenvalue weighted by molar-refractivity contribution is 8.00. The molecule has 0 unspecified atom stereocenters. The van der Waals surface area contributed by atoms with Crippen LogP contribution >= 0.6 is 11.8 Å². The Bertz CT molecular complexity index is 580. The molecule has 1 heterocycles. The zero-order chi connectivity index (χ0) is 15.3. The molecule has 0 spiro atoms. The molecular weight excluding hydrogens is 299 g/mol. The SMILES string of the molecule is CCCNCc1nn(CCSC(F)(F)F)c2ccccc12. The van der Waals surface area contributed by atoms with E-state index in [9.17, 15) is 13.2 Å². The van der Waals surface area contributed by atoms with Crippen molar-refractivity contribution in [3.8, 4) is 0 Å². The molecule has 0 aliphatic carbocycles. The molecule has 0 bridgehead atoms. The molecule has 0 fully saturated rings. The van der Waals surface area contributed by atoms with Crippen molar-refractivity contribution in [1.29, 1.82) is 0 Å². The lowest BCUT2D eigenvalue weighted by Crippen LogP contribution is -2.15. The monoisotopic (exact) mass is 317 g/mol. The van der Waals surface area contributed by atoms with Crippen molar-refractivity contribution in [2.75, 3.05) is 12.3 Å². The predicted octanol–water partition coefficient (Wildman–Crippen LogP) is 3.79. The van der Waals surface area contributed by atoms with Gasteiger partial charge >= 0.3 is 5.51 Å². The fourth-order valence-corrected chi connectivity index (χ4v) is 2.62. The smallest absolute Gasteiger partial charge is 0.311 e. The van der Waals surface area contributed by atoms with E-state index >= 15 is 0 Å². The van der Waals surface area contributed by atoms with Gasteiger partial charge in [0.05, 0.1) is 17.8 Å². The number of halogens is 3. The Hall–Kier alpha value is -1.21. The Balaban J connectivity index is 2.11. The first-order valence-corrected chi connectivity index (χ1v) is 7.85. The van der Waals surface area contributed by atoms with Crippen molar-refractivity contribution in [2.24, 2.45) is 0 Å². The summed E-state index contributed by atoms with van der Waals surface area (Å²) in [5.41, 5.74) is -2.42. The molecule has 0 amide bonds. The molecule has 1 aromatic carbocycles. The van der Waals surface area contributed by atoms with Gasteiger partial charge in [0.1, 0.15) is 0 Å². The summed E-state index contributed by atoms with van der Waals surface area (Å²) in [6, 6.07) is 7.64. The highest BCUT2D eigenvalue weighted by atomic mass is 32.2. The zero-order valence-corrected chi connectivity index (χ0v) is 12.6. The molecule has 0 atom stereocenters. The predicted molar refractivity (Wildman–Crippen MR) is 80.2 cm³/mol. The third kappa shape index (κ3) is 4.64. The normalized spacial score (nSPS) is 12.2. The number of aromatic nitrogens is 2. The molecule has 3 nitrogen and oxygen atoms in total. The van der Waals surface area contributed by atoms with Gasteiger partial charge in [-0.15, -0.1) is 0 Å². The minimum atomic E-state index is -4.19. The number of para-hydroxylation sites is 1. The van der Waals surface area contributed by atoms with E-state index in [1.807, 2.05) is 24.3 Å². The second-order valence-corrected chi connectivity index (χ2v) is 5.82. The average molecular weight is 317 g/mol. The summed E-state index contributed by atoms with van der Waals surface area (Å²) in [5, 5.41) is 8.73. The number of hydrogen-bond donors (Lipinski definition) is 1. The molecule has 0 aliphatic rings. The van der Waals surface area contributed by atoms with Crippen molar-refractivity contribution in [1.82, 2.24) is 15.1 Å². The first-order chi connectivity index (χ1) is 10.0. The van der Waals surface area contributed by atoms with Crippen LogP contribution in [0, 0.1) is 0 Å². The third-order valence-corrected chi connectivity index (χ3v) is 3.74. The summed E-state index contributed by atoms with van der Waals surface area (Å²) in [6.45, 7) is 3.86. The average Bonchev–Trinajstić information content (AvgIpc) is 2.77. The second-order valence-electron chi connectivity index (χ2n) is 4.66. The van der Waals surface area contributed by atoms with Crippen LogP contribution in [0.3, 0.4) is 0 Å². The number of rotatable bonds is 7. The van der Waals surface area contributed by atoms with E-state index < -0.39 is 5.51 Å². The fourth-order valence-electron chi connectivity index (χ4n) is 2.13. The molecule has 21 heavy (non-hydrogen) atoms. The van der Waals surface area contributed by atoms with Crippen LogP contribution in [0.1, 0.15) is 19.0 Å². The molecule has 7 heteroatoms. The fraction of sp³-hybridized carbons (Fsp3) is 0.500. The lowest BCUT2D eigenvalue weighted by atomic mass is 10.2.